The Bertz CT molecular complexity index is 497. The average molecular weight is 374 g/mol. The van der Waals surface area contributed by atoms with Crippen LogP contribution in [0.5, 0.6) is 0 Å². The van der Waals surface area contributed by atoms with Crippen molar-refractivity contribution in [2.45, 2.75) is 43.9 Å². The van der Waals surface area contributed by atoms with Crippen LogP contribution in [0.3, 0.4) is 0 Å². The number of benzene rings is 1. The fourth-order valence-corrected chi connectivity index (χ4v) is 4.13. The SMILES string of the molecule is NCC(c1ccc(Br)c(Cl)c1)N1CCOC2CCCCC21. The molecule has 2 fully saturated rings. The van der Waals surface area contributed by atoms with Crippen LogP contribution in [0.15, 0.2) is 22.7 Å². The van der Waals surface area contributed by atoms with Gasteiger partial charge < -0.3 is 10.5 Å². The number of morpholine rings is 1. The lowest BCUT2D eigenvalue weighted by molar-refractivity contribution is -0.102. The molecule has 116 valence electrons. The average Bonchev–Trinajstić information content (AvgIpc) is 2.52. The Morgan fingerprint density at radius 2 is 2.19 bits per heavy atom. The van der Waals surface area contributed by atoms with Crippen molar-refractivity contribution in [3.63, 3.8) is 0 Å². The monoisotopic (exact) mass is 372 g/mol. The Balaban J connectivity index is 1.85. The standard InChI is InChI=1S/C16H22BrClN2O/c17-12-6-5-11(9-13(12)18)15(10-19)20-7-8-21-16-4-2-1-3-14(16)20/h5-6,9,14-16H,1-4,7-8,10,19H2. The van der Waals surface area contributed by atoms with E-state index in [-0.39, 0.29) is 6.04 Å². The fourth-order valence-electron chi connectivity index (χ4n) is 3.70. The van der Waals surface area contributed by atoms with Crippen LogP contribution in [0, 0.1) is 0 Å². The Labute approximate surface area is 139 Å². The van der Waals surface area contributed by atoms with Crippen molar-refractivity contribution in [2.24, 2.45) is 5.73 Å². The second-order valence-corrected chi connectivity index (χ2v) is 7.19. The summed E-state index contributed by atoms with van der Waals surface area (Å²) in [5.41, 5.74) is 7.31. The molecular weight excluding hydrogens is 352 g/mol. The molecule has 1 aromatic carbocycles. The van der Waals surface area contributed by atoms with E-state index in [1.807, 2.05) is 12.1 Å². The van der Waals surface area contributed by atoms with Gasteiger partial charge in [0.1, 0.15) is 0 Å². The fraction of sp³-hybridized carbons (Fsp3) is 0.625. The molecule has 2 N–H and O–H groups in total. The molecule has 3 atom stereocenters. The Morgan fingerprint density at radius 1 is 1.38 bits per heavy atom. The predicted molar refractivity (Wildman–Crippen MR) is 89.6 cm³/mol. The maximum absolute atomic E-state index is 6.26. The Morgan fingerprint density at radius 3 is 2.95 bits per heavy atom. The third-order valence-electron chi connectivity index (χ3n) is 4.73. The topological polar surface area (TPSA) is 38.5 Å². The normalized spacial score (nSPS) is 28.1. The van der Waals surface area contributed by atoms with Gasteiger partial charge in [0.15, 0.2) is 0 Å². The van der Waals surface area contributed by atoms with Crippen molar-refractivity contribution in [1.82, 2.24) is 4.90 Å². The van der Waals surface area contributed by atoms with Crippen LogP contribution in [0.4, 0.5) is 0 Å². The van der Waals surface area contributed by atoms with Gasteiger partial charge in [0.2, 0.25) is 0 Å². The maximum atomic E-state index is 6.26. The largest absolute Gasteiger partial charge is 0.375 e. The summed E-state index contributed by atoms with van der Waals surface area (Å²) < 4.78 is 6.90. The molecule has 21 heavy (non-hydrogen) atoms. The first-order valence-corrected chi connectivity index (χ1v) is 8.90. The van der Waals surface area contributed by atoms with Gasteiger partial charge in [-0.25, -0.2) is 0 Å². The first-order chi connectivity index (χ1) is 10.2. The Hall–Kier alpha value is -0.130. The Kier molecular flexibility index (Phi) is 5.23. The number of rotatable bonds is 3. The van der Waals surface area contributed by atoms with Crippen LogP contribution >= 0.6 is 27.5 Å². The molecule has 2 aliphatic rings. The third-order valence-corrected chi connectivity index (χ3v) is 5.96. The van der Waals surface area contributed by atoms with Crippen molar-refractivity contribution in [1.29, 1.82) is 0 Å². The smallest absolute Gasteiger partial charge is 0.0731 e. The van der Waals surface area contributed by atoms with Gasteiger partial charge in [-0.3, -0.25) is 4.90 Å². The lowest BCUT2D eigenvalue weighted by Gasteiger charge is -2.47. The van der Waals surface area contributed by atoms with Gasteiger partial charge in [-0.05, 0) is 46.5 Å². The van der Waals surface area contributed by atoms with E-state index in [2.05, 4.69) is 26.9 Å². The van der Waals surface area contributed by atoms with Crippen LogP contribution in [-0.2, 0) is 4.74 Å². The number of hydrogen-bond acceptors (Lipinski definition) is 3. The summed E-state index contributed by atoms with van der Waals surface area (Å²) in [5.74, 6) is 0. The highest BCUT2D eigenvalue weighted by Gasteiger charge is 2.37. The van der Waals surface area contributed by atoms with Gasteiger partial charge in [0.25, 0.3) is 0 Å². The van der Waals surface area contributed by atoms with E-state index < -0.39 is 0 Å². The zero-order valence-corrected chi connectivity index (χ0v) is 14.4. The molecule has 1 saturated carbocycles. The molecule has 0 spiro atoms. The minimum Gasteiger partial charge on any atom is -0.375 e. The van der Waals surface area contributed by atoms with Crippen LogP contribution < -0.4 is 5.73 Å². The number of fused-ring (bicyclic) bond motifs is 1. The van der Waals surface area contributed by atoms with Crippen molar-refractivity contribution in [3.8, 4) is 0 Å². The van der Waals surface area contributed by atoms with Crippen molar-refractivity contribution < 1.29 is 4.74 Å². The third kappa shape index (κ3) is 3.30. The van der Waals surface area contributed by atoms with Gasteiger partial charge in [-0.15, -0.1) is 0 Å². The summed E-state index contributed by atoms with van der Waals surface area (Å²) in [6, 6.07) is 6.91. The lowest BCUT2D eigenvalue weighted by Crippen LogP contribution is -2.54. The van der Waals surface area contributed by atoms with Crippen molar-refractivity contribution in [3.05, 3.63) is 33.3 Å². The molecule has 1 aromatic rings. The molecular formula is C16H22BrClN2O. The molecule has 3 unspecified atom stereocenters. The first-order valence-electron chi connectivity index (χ1n) is 7.73. The van der Waals surface area contributed by atoms with Crippen LogP contribution in [-0.4, -0.2) is 36.7 Å². The van der Waals surface area contributed by atoms with Gasteiger partial charge >= 0.3 is 0 Å². The molecule has 3 rings (SSSR count). The van der Waals surface area contributed by atoms with Gasteiger partial charge in [-0.1, -0.05) is 30.5 Å². The highest BCUT2D eigenvalue weighted by atomic mass is 79.9. The van der Waals surface area contributed by atoms with Crippen LogP contribution in [0.1, 0.15) is 37.3 Å². The van der Waals surface area contributed by atoms with E-state index >= 15 is 0 Å². The number of nitrogens with two attached hydrogens (primary N) is 1. The van der Waals surface area contributed by atoms with E-state index in [1.165, 1.54) is 31.2 Å². The molecule has 0 bridgehead atoms. The van der Waals surface area contributed by atoms with Gasteiger partial charge in [0.05, 0.1) is 17.7 Å². The molecule has 1 heterocycles. The lowest BCUT2D eigenvalue weighted by atomic mass is 9.88. The number of hydrogen-bond donors (Lipinski definition) is 1. The zero-order valence-electron chi connectivity index (χ0n) is 12.1. The van der Waals surface area contributed by atoms with Gasteiger partial charge in [-0.2, -0.15) is 0 Å². The minimum absolute atomic E-state index is 0.227. The van der Waals surface area contributed by atoms with E-state index in [0.717, 1.165) is 22.6 Å². The van der Waals surface area contributed by atoms with E-state index in [1.54, 1.807) is 0 Å². The number of ether oxygens (including phenoxy) is 1. The molecule has 1 saturated heterocycles. The summed E-state index contributed by atoms with van der Waals surface area (Å²) >= 11 is 9.72. The summed E-state index contributed by atoms with van der Waals surface area (Å²) in [6.07, 6.45) is 5.35. The van der Waals surface area contributed by atoms with E-state index in [0.29, 0.717) is 18.7 Å². The number of halogens is 2. The van der Waals surface area contributed by atoms with Crippen molar-refractivity contribution >= 4 is 27.5 Å². The molecule has 1 aliphatic heterocycles. The van der Waals surface area contributed by atoms with Crippen molar-refractivity contribution in [2.75, 3.05) is 19.7 Å². The minimum atomic E-state index is 0.227. The highest BCUT2D eigenvalue weighted by Crippen LogP contribution is 2.35. The highest BCUT2D eigenvalue weighted by molar-refractivity contribution is 9.10. The summed E-state index contributed by atoms with van der Waals surface area (Å²) in [5, 5.41) is 0.749. The number of nitrogens with zero attached hydrogens (tertiary/aromatic N) is 1. The quantitative estimate of drug-likeness (QED) is 0.877. The van der Waals surface area contributed by atoms with Gasteiger partial charge in [0, 0.05) is 29.6 Å². The molecule has 0 aromatic heterocycles. The second kappa shape index (κ2) is 6.97. The molecule has 5 heteroatoms. The summed E-state index contributed by atoms with van der Waals surface area (Å²) in [7, 11) is 0. The summed E-state index contributed by atoms with van der Waals surface area (Å²) in [4.78, 5) is 2.55. The zero-order chi connectivity index (χ0) is 14.8. The van der Waals surface area contributed by atoms with Crippen LogP contribution in [0.25, 0.3) is 0 Å². The van der Waals surface area contributed by atoms with E-state index in [9.17, 15) is 0 Å². The molecule has 1 aliphatic carbocycles. The van der Waals surface area contributed by atoms with Crippen LogP contribution in [0.2, 0.25) is 5.02 Å². The second-order valence-electron chi connectivity index (χ2n) is 5.92. The summed E-state index contributed by atoms with van der Waals surface area (Å²) in [6.45, 7) is 2.37. The van der Waals surface area contributed by atoms with E-state index in [4.69, 9.17) is 22.1 Å². The molecule has 0 radical (unpaired) electrons. The first kappa shape index (κ1) is 15.8. The molecule has 0 amide bonds. The molecule has 3 nitrogen and oxygen atoms in total. The maximum Gasteiger partial charge on any atom is 0.0731 e. The predicted octanol–water partition coefficient (Wildman–Crippen LogP) is 3.75.